The number of methoxy groups -OCH3 is 1. The third kappa shape index (κ3) is 5.35. The Morgan fingerprint density at radius 3 is 2.69 bits per heavy atom. The average molecular weight is 460 g/mol. The number of nitrogens with two attached hydrogens (primary N) is 1. The molecular formula is C21H18ClN3O7. The summed E-state index contributed by atoms with van der Waals surface area (Å²) in [5.74, 6) is 0.0688. The van der Waals surface area contributed by atoms with Gasteiger partial charge in [0.1, 0.15) is 23.9 Å². The van der Waals surface area contributed by atoms with Gasteiger partial charge in [0.2, 0.25) is 5.76 Å². The van der Waals surface area contributed by atoms with Crippen LogP contribution in [0.25, 0.3) is 0 Å². The highest BCUT2D eigenvalue weighted by molar-refractivity contribution is 6.31. The monoisotopic (exact) mass is 459 g/mol. The molecule has 2 aromatic carbocycles. The molecule has 0 atom stereocenters. The highest BCUT2D eigenvalue weighted by atomic mass is 35.5. The van der Waals surface area contributed by atoms with Crippen molar-refractivity contribution in [3.8, 4) is 11.5 Å². The minimum Gasteiger partial charge on any atom is -0.496 e. The third-order valence-electron chi connectivity index (χ3n) is 4.27. The molecule has 0 amide bonds. The summed E-state index contributed by atoms with van der Waals surface area (Å²) in [6.45, 7) is 1.60. The molecule has 32 heavy (non-hydrogen) atoms. The van der Waals surface area contributed by atoms with Crippen LogP contribution in [0.2, 0.25) is 5.02 Å². The largest absolute Gasteiger partial charge is 0.496 e. The zero-order chi connectivity index (χ0) is 23.3. The maximum absolute atomic E-state index is 12.2. The van der Waals surface area contributed by atoms with E-state index in [0.29, 0.717) is 33.4 Å². The number of furan rings is 1. The van der Waals surface area contributed by atoms with Gasteiger partial charge in [-0.1, -0.05) is 16.8 Å². The van der Waals surface area contributed by atoms with E-state index in [1.54, 1.807) is 19.1 Å². The molecular weight excluding hydrogens is 442 g/mol. The molecule has 166 valence electrons. The minimum atomic E-state index is -0.869. The van der Waals surface area contributed by atoms with Crippen molar-refractivity contribution in [2.75, 3.05) is 7.11 Å². The minimum absolute atomic E-state index is 0.00407. The second-order valence-corrected chi connectivity index (χ2v) is 6.90. The van der Waals surface area contributed by atoms with Crippen LogP contribution < -0.4 is 15.2 Å². The summed E-state index contributed by atoms with van der Waals surface area (Å²) in [4.78, 5) is 27.4. The smallest absolute Gasteiger partial charge is 0.400 e. The van der Waals surface area contributed by atoms with E-state index in [1.165, 1.54) is 43.5 Å². The number of hydrogen-bond donors (Lipinski definition) is 1. The molecule has 0 saturated carbocycles. The summed E-state index contributed by atoms with van der Waals surface area (Å²) < 4.78 is 16.1. The van der Waals surface area contributed by atoms with E-state index in [2.05, 4.69) is 5.16 Å². The zero-order valence-electron chi connectivity index (χ0n) is 17.0. The lowest BCUT2D eigenvalue weighted by molar-refractivity contribution is -0.385. The molecule has 0 spiro atoms. The molecule has 1 aromatic heterocycles. The van der Waals surface area contributed by atoms with Crippen molar-refractivity contribution in [2.45, 2.75) is 13.5 Å². The molecule has 11 heteroatoms. The van der Waals surface area contributed by atoms with Crippen molar-refractivity contribution in [1.82, 2.24) is 0 Å². The molecule has 0 aliphatic carbocycles. The van der Waals surface area contributed by atoms with E-state index in [4.69, 9.17) is 36.1 Å². The highest BCUT2D eigenvalue weighted by Gasteiger charge is 2.16. The Labute approximate surface area is 187 Å². The number of nitro groups is 1. The summed E-state index contributed by atoms with van der Waals surface area (Å²) in [5.41, 5.74) is 6.68. The number of hydrogen-bond acceptors (Lipinski definition) is 8. The summed E-state index contributed by atoms with van der Waals surface area (Å²) in [7, 11) is 1.45. The van der Waals surface area contributed by atoms with Crippen molar-refractivity contribution in [3.63, 3.8) is 0 Å². The van der Waals surface area contributed by atoms with E-state index >= 15 is 0 Å². The Morgan fingerprint density at radius 1 is 1.22 bits per heavy atom. The van der Waals surface area contributed by atoms with Crippen LogP contribution in [0.4, 0.5) is 5.69 Å². The summed E-state index contributed by atoms with van der Waals surface area (Å²) in [6.07, 6.45) is 0. The van der Waals surface area contributed by atoms with Crippen LogP contribution in [-0.2, 0) is 11.4 Å². The predicted molar refractivity (Wildman–Crippen MR) is 115 cm³/mol. The van der Waals surface area contributed by atoms with Gasteiger partial charge in [-0.3, -0.25) is 10.1 Å². The fourth-order valence-electron chi connectivity index (χ4n) is 2.71. The third-order valence-corrected chi connectivity index (χ3v) is 4.51. The molecule has 10 nitrogen and oxygen atoms in total. The molecule has 3 aromatic rings. The van der Waals surface area contributed by atoms with Gasteiger partial charge in [-0.2, -0.15) is 0 Å². The van der Waals surface area contributed by atoms with E-state index in [-0.39, 0.29) is 23.9 Å². The number of halogens is 1. The Kier molecular flexibility index (Phi) is 6.96. The summed E-state index contributed by atoms with van der Waals surface area (Å²) >= 11 is 5.95. The first kappa shape index (κ1) is 22.6. The fraction of sp³-hybridized carbons (Fsp3) is 0.143. The maximum Gasteiger partial charge on any atom is 0.400 e. The van der Waals surface area contributed by atoms with Gasteiger partial charge in [0.15, 0.2) is 5.84 Å². The van der Waals surface area contributed by atoms with Crippen LogP contribution in [0, 0.1) is 17.0 Å². The van der Waals surface area contributed by atoms with Crippen LogP contribution in [0.5, 0.6) is 11.5 Å². The number of benzene rings is 2. The first-order valence-electron chi connectivity index (χ1n) is 9.13. The maximum atomic E-state index is 12.2. The number of nitrogens with zero attached hydrogens (tertiary/aromatic N) is 2. The molecule has 0 aliphatic heterocycles. The Hall–Kier alpha value is -4.05. The summed E-state index contributed by atoms with van der Waals surface area (Å²) in [5, 5.41) is 14.9. The second kappa shape index (κ2) is 9.84. The number of oxime groups is 1. The highest BCUT2D eigenvalue weighted by Crippen LogP contribution is 2.24. The van der Waals surface area contributed by atoms with Gasteiger partial charge in [-0.15, -0.1) is 0 Å². The predicted octanol–water partition coefficient (Wildman–Crippen LogP) is 4.21. The van der Waals surface area contributed by atoms with Crippen LogP contribution >= 0.6 is 11.6 Å². The van der Waals surface area contributed by atoms with Gasteiger partial charge in [0.25, 0.3) is 5.69 Å². The number of carbonyl (C=O) groups is 1. The van der Waals surface area contributed by atoms with Crippen molar-refractivity contribution in [1.29, 1.82) is 0 Å². The van der Waals surface area contributed by atoms with Crippen LogP contribution in [-0.4, -0.2) is 23.8 Å². The van der Waals surface area contributed by atoms with E-state index in [0.717, 1.165) is 0 Å². The lowest BCUT2D eigenvalue weighted by atomic mass is 10.2. The molecule has 0 bridgehead atoms. The lowest BCUT2D eigenvalue weighted by Crippen LogP contribution is -2.16. The summed E-state index contributed by atoms with van der Waals surface area (Å²) in [6, 6.07) is 12.0. The van der Waals surface area contributed by atoms with Gasteiger partial charge in [0, 0.05) is 16.7 Å². The number of carbonyl (C=O) groups excluding carboxylic acids is 1. The van der Waals surface area contributed by atoms with Gasteiger partial charge < -0.3 is 24.5 Å². The normalized spacial score (nSPS) is 11.2. The zero-order valence-corrected chi connectivity index (χ0v) is 17.8. The average Bonchev–Trinajstić information content (AvgIpc) is 3.24. The quantitative estimate of drug-likeness (QED) is 0.174. The topological polar surface area (TPSA) is 139 Å². The van der Waals surface area contributed by atoms with E-state index in [9.17, 15) is 14.9 Å². The van der Waals surface area contributed by atoms with E-state index < -0.39 is 10.9 Å². The van der Waals surface area contributed by atoms with Crippen molar-refractivity contribution in [3.05, 3.63) is 86.3 Å². The van der Waals surface area contributed by atoms with Crippen LogP contribution in [0.3, 0.4) is 0 Å². The number of nitro benzene ring substituents is 1. The molecule has 0 unspecified atom stereocenters. The molecule has 0 saturated heterocycles. The van der Waals surface area contributed by atoms with Crippen molar-refractivity contribution < 1.29 is 28.4 Å². The van der Waals surface area contributed by atoms with E-state index in [1.807, 2.05) is 0 Å². The van der Waals surface area contributed by atoms with Crippen molar-refractivity contribution in [2.24, 2.45) is 10.9 Å². The Morgan fingerprint density at radius 2 is 2.00 bits per heavy atom. The van der Waals surface area contributed by atoms with Gasteiger partial charge in [-0.25, -0.2) is 4.79 Å². The molecule has 0 radical (unpaired) electrons. The standard InChI is InChI=1S/C21H18ClN3O7/c1-12-9-14(4-6-17(12)25(27)28)30-11-15-5-8-19(31-15)21(26)32-24-20(23)16-10-13(22)3-7-18(16)29-2/h3-10H,11H2,1-2H3,(H2,23,24). The molecule has 2 N–H and O–H groups in total. The number of aryl methyl sites for hydroxylation is 1. The number of amidine groups is 1. The van der Waals surface area contributed by atoms with Crippen LogP contribution in [0.15, 0.2) is 58.1 Å². The van der Waals surface area contributed by atoms with Gasteiger partial charge in [-0.05, 0) is 49.4 Å². The first-order chi connectivity index (χ1) is 15.3. The Bertz CT molecular complexity index is 1190. The molecule has 3 rings (SSSR count). The number of ether oxygens (including phenoxy) is 2. The van der Waals surface area contributed by atoms with Gasteiger partial charge >= 0.3 is 5.97 Å². The lowest BCUT2D eigenvalue weighted by Gasteiger charge is -2.07. The number of rotatable bonds is 8. The van der Waals surface area contributed by atoms with Crippen LogP contribution in [0.1, 0.15) is 27.4 Å². The first-order valence-corrected chi connectivity index (χ1v) is 9.51. The Balaban J connectivity index is 1.62. The fourth-order valence-corrected chi connectivity index (χ4v) is 2.88. The molecule has 1 heterocycles. The SMILES string of the molecule is COc1ccc(Cl)cc1/C(N)=N/OC(=O)c1ccc(COc2ccc([N+](=O)[O-])c(C)c2)o1. The second-order valence-electron chi connectivity index (χ2n) is 6.46. The molecule has 0 fully saturated rings. The van der Waals surface area contributed by atoms with Gasteiger partial charge in [0.05, 0.1) is 17.6 Å². The molecule has 0 aliphatic rings. The van der Waals surface area contributed by atoms with Crippen molar-refractivity contribution >= 4 is 29.1 Å².